The lowest BCUT2D eigenvalue weighted by atomic mass is 9.75. The molecule has 0 aliphatic carbocycles. The van der Waals surface area contributed by atoms with Crippen molar-refractivity contribution in [3.8, 4) is 0 Å². The molecule has 1 fully saturated rings. The number of rotatable bonds is 10. The molecule has 3 aromatic carbocycles. The third-order valence-electron chi connectivity index (χ3n) is 8.05. The molecule has 0 saturated carbocycles. The lowest BCUT2D eigenvalue weighted by molar-refractivity contribution is -0.161. The first kappa shape index (κ1) is 27.8. The number of β-lactam (4-membered cyclic amide) rings is 1. The van der Waals surface area contributed by atoms with Crippen LogP contribution in [0.2, 0.25) is 18.1 Å². The molecule has 1 aliphatic heterocycles. The van der Waals surface area contributed by atoms with Crippen molar-refractivity contribution in [1.29, 1.82) is 0 Å². The van der Waals surface area contributed by atoms with Gasteiger partial charge in [-0.2, -0.15) is 0 Å². The Hall–Kier alpha value is -3.26. The number of carboxylic acid groups (broad SMARTS) is 1. The first-order chi connectivity index (χ1) is 18.0. The molecule has 4 rings (SSSR count). The number of benzene rings is 3. The molecule has 2 unspecified atom stereocenters. The lowest BCUT2D eigenvalue weighted by Gasteiger charge is -2.52. The Labute approximate surface area is 226 Å². The predicted molar refractivity (Wildman–Crippen MR) is 152 cm³/mol. The highest BCUT2D eigenvalue weighted by Crippen LogP contribution is 2.40. The van der Waals surface area contributed by atoms with Crippen LogP contribution in [-0.2, 0) is 19.6 Å². The Morgan fingerprint density at radius 1 is 0.868 bits per heavy atom. The molecule has 1 amide bonds. The molecule has 1 saturated heterocycles. The highest BCUT2D eigenvalue weighted by atomic mass is 28.4. The van der Waals surface area contributed by atoms with Crippen LogP contribution in [-0.4, -0.2) is 55.4 Å². The summed E-state index contributed by atoms with van der Waals surface area (Å²) in [6, 6.07) is 29.2. The standard InChI is InChI=1S/C31H38N2O4Si/c1-30(2,3)38(4,5)37-22-26-28(29(36)33(26)21-27(34)35)32-31(23-15-9-6-10-16-23,24-17-11-7-12-18-24)25-19-13-8-14-20-25/h6-20,26,28,32H,21-22H2,1-5H3,(H,34,35). The van der Waals surface area contributed by atoms with E-state index in [2.05, 4.69) is 75.6 Å². The maximum atomic E-state index is 13.6. The maximum absolute atomic E-state index is 13.6. The molecule has 200 valence electrons. The van der Waals surface area contributed by atoms with Crippen LogP contribution < -0.4 is 5.32 Å². The van der Waals surface area contributed by atoms with E-state index in [4.69, 9.17) is 4.43 Å². The summed E-state index contributed by atoms with van der Waals surface area (Å²) in [6.07, 6.45) is 0. The number of hydrogen-bond donors (Lipinski definition) is 2. The zero-order chi connectivity index (χ0) is 27.6. The maximum Gasteiger partial charge on any atom is 0.323 e. The third kappa shape index (κ3) is 5.32. The molecule has 2 atom stereocenters. The van der Waals surface area contributed by atoms with Crippen LogP contribution in [0.15, 0.2) is 91.0 Å². The molecule has 1 aliphatic rings. The zero-order valence-electron chi connectivity index (χ0n) is 22.8. The Morgan fingerprint density at radius 3 is 1.66 bits per heavy atom. The first-order valence-electron chi connectivity index (χ1n) is 13.1. The van der Waals surface area contributed by atoms with Crippen LogP contribution in [0, 0.1) is 0 Å². The third-order valence-corrected chi connectivity index (χ3v) is 12.6. The van der Waals surface area contributed by atoms with Crippen LogP contribution in [0.3, 0.4) is 0 Å². The summed E-state index contributed by atoms with van der Waals surface area (Å²) in [5.41, 5.74) is 2.14. The minimum atomic E-state index is -2.13. The van der Waals surface area contributed by atoms with E-state index in [-0.39, 0.29) is 24.1 Å². The van der Waals surface area contributed by atoms with Gasteiger partial charge < -0.3 is 14.4 Å². The van der Waals surface area contributed by atoms with Crippen molar-refractivity contribution in [3.05, 3.63) is 108 Å². The average molecular weight is 531 g/mol. The number of nitrogens with one attached hydrogen (secondary N) is 1. The van der Waals surface area contributed by atoms with Crippen LogP contribution >= 0.6 is 0 Å². The number of aliphatic carboxylic acids is 1. The highest BCUT2D eigenvalue weighted by Gasteiger charge is 2.53. The zero-order valence-corrected chi connectivity index (χ0v) is 23.8. The molecule has 0 radical (unpaired) electrons. The number of likely N-dealkylation sites (tertiary alicyclic amines) is 1. The number of carboxylic acids is 1. The van der Waals surface area contributed by atoms with E-state index in [1.807, 2.05) is 54.6 Å². The van der Waals surface area contributed by atoms with Crippen molar-refractivity contribution < 1.29 is 19.1 Å². The van der Waals surface area contributed by atoms with Crippen molar-refractivity contribution in [2.24, 2.45) is 0 Å². The molecule has 0 aromatic heterocycles. The van der Waals surface area contributed by atoms with Gasteiger partial charge in [0.25, 0.3) is 0 Å². The van der Waals surface area contributed by atoms with Gasteiger partial charge >= 0.3 is 5.97 Å². The molecule has 38 heavy (non-hydrogen) atoms. The van der Waals surface area contributed by atoms with E-state index in [1.165, 1.54) is 4.90 Å². The van der Waals surface area contributed by atoms with Gasteiger partial charge in [-0.25, -0.2) is 0 Å². The lowest BCUT2D eigenvalue weighted by Crippen LogP contribution is -2.75. The second-order valence-corrected chi connectivity index (χ2v) is 16.3. The van der Waals surface area contributed by atoms with E-state index in [0.717, 1.165) is 16.7 Å². The van der Waals surface area contributed by atoms with Gasteiger partial charge in [-0.3, -0.25) is 14.9 Å². The first-order valence-corrected chi connectivity index (χ1v) is 16.0. The molecule has 0 bridgehead atoms. The van der Waals surface area contributed by atoms with Crippen molar-refractivity contribution in [3.63, 3.8) is 0 Å². The number of nitrogens with zero attached hydrogens (tertiary/aromatic N) is 1. The number of carbonyl (C=O) groups excluding carboxylic acids is 1. The summed E-state index contributed by atoms with van der Waals surface area (Å²) < 4.78 is 6.53. The summed E-state index contributed by atoms with van der Waals surface area (Å²) >= 11 is 0. The van der Waals surface area contributed by atoms with Crippen LogP contribution in [0.1, 0.15) is 37.5 Å². The predicted octanol–water partition coefficient (Wildman–Crippen LogP) is 5.25. The normalized spacial score (nSPS) is 18.2. The van der Waals surface area contributed by atoms with Crippen molar-refractivity contribution in [1.82, 2.24) is 10.2 Å². The summed E-state index contributed by atoms with van der Waals surface area (Å²) in [4.78, 5) is 26.7. The summed E-state index contributed by atoms with van der Waals surface area (Å²) in [6.45, 7) is 10.8. The second kappa shape index (κ2) is 10.8. The fourth-order valence-corrected chi connectivity index (χ4v) is 5.87. The minimum absolute atomic E-state index is 0.0107. The Balaban J connectivity index is 1.80. The van der Waals surface area contributed by atoms with Crippen LogP contribution in [0.5, 0.6) is 0 Å². The van der Waals surface area contributed by atoms with E-state index in [9.17, 15) is 14.7 Å². The SMILES string of the molecule is CC(C)(C)[Si](C)(C)OCC1C(NC(c2ccccc2)(c2ccccc2)c2ccccc2)C(=O)N1CC(=O)O. The molecule has 7 heteroatoms. The van der Waals surface area contributed by atoms with Gasteiger partial charge in [0, 0.05) is 0 Å². The fraction of sp³-hybridized carbons (Fsp3) is 0.355. The molecule has 3 aromatic rings. The Kier molecular flexibility index (Phi) is 7.92. The second-order valence-electron chi connectivity index (χ2n) is 11.5. The topological polar surface area (TPSA) is 78.9 Å². The van der Waals surface area contributed by atoms with Gasteiger partial charge in [0.15, 0.2) is 8.32 Å². The molecule has 1 heterocycles. The molecular formula is C31H38N2O4Si. The smallest absolute Gasteiger partial charge is 0.323 e. The largest absolute Gasteiger partial charge is 0.480 e. The molecule has 0 spiro atoms. The van der Waals surface area contributed by atoms with Gasteiger partial charge in [0.1, 0.15) is 12.6 Å². The van der Waals surface area contributed by atoms with Crippen LogP contribution in [0.4, 0.5) is 0 Å². The van der Waals surface area contributed by atoms with Crippen molar-refractivity contribution >= 4 is 20.2 Å². The van der Waals surface area contributed by atoms with E-state index >= 15 is 0 Å². The van der Waals surface area contributed by atoms with Crippen molar-refractivity contribution in [2.75, 3.05) is 13.2 Å². The molecule has 6 nitrogen and oxygen atoms in total. The van der Waals surface area contributed by atoms with E-state index in [0.29, 0.717) is 0 Å². The number of hydrogen-bond acceptors (Lipinski definition) is 4. The van der Waals surface area contributed by atoms with Gasteiger partial charge in [0.05, 0.1) is 18.2 Å². The van der Waals surface area contributed by atoms with E-state index < -0.39 is 31.9 Å². The number of carbonyl (C=O) groups is 2. The van der Waals surface area contributed by atoms with Gasteiger partial charge in [-0.05, 0) is 34.8 Å². The highest BCUT2D eigenvalue weighted by molar-refractivity contribution is 6.74. The van der Waals surface area contributed by atoms with Crippen LogP contribution in [0.25, 0.3) is 0 Å². The summed E-state index contributed by atoms with van der Waals surface area (Å²) in [7, 11) is -2.13. The average Bonchev–Trinajstić information content (AvgIpc) is 2.90. The quantitative estimate of drug-likeness (QED) is 0.213. The van der Waals surface area contributed by atoms with Gasteiger partial charge in [0.2, 0.25) is 5.91 Å². The molecular weight excluding hydrogens is 492 g/mol. The summed E-state index contributed by atoms with van der Waals surface area (Å²) in [5.74, 6) is -1.27. The Morgan fingerprint density at radius 2 is 1.29 bits per heavy atom. The fourth-order valence-electron chi connectivity index (χ4n) is 4.85. The van der Waals surface area contributed by atoms with Gasteiger partial charge in [-0.15, -0.1) is 0 Å². The van der Waals surface area contributed by atoms with Gasteiger partial charge in [-0.1, -0.05) is 112 Å². The van der Waals surface area contributed by atoms with E-state index in [1.54, 1.807) is 0 Å². The van der Waals surface area contributed by atoms with Crippen molar-refractivity contribution in [2.45, 2.75) is 56.5 Å². The number of amides is 1. The minimum Gasteiger partial charge on any atom is -0.480 e. The Bertz CT molecular complexity index is 1150. The summed E-state index contributed by atoms with van der Waals surface area (Å²) in [5, 5.41) is 13.3. The monoisotopic (exact) mass is 530 g/mol. The molecule has 2 N–H and O–H groups in total.